The highest BCUT2D eigenvalue weighted by Gasteiger charge is 2.20. The van der Waals surface area contributed by atoms with E-state index in [0.29, 0.717) is 0 Å². The fourth-order valence-corrected chi connectivity index (χ4v) is 3.95. The topological polar surface area (TPSA) is 29.9 Å². The summed E-state index contributed by atoms with van der Waals surface area (Å²) in [5, 5.41) is 3.76. The molecule has 2 aliphatic heterocycles. The zero-order valence-corrected chi connectivity index (χ0v) is 11.1. The van der Waals surface area contributed by atoms with Gasteiger partial charge in [-0.15, -0.1) is 0 Å². The van der Waals surface area contributed by atoms with Gasteiger partial charge in [-0.3, -0.25) is 0 Å². The summed E-state index contributed by atoms with van der Waals surface area (Å²) in [6.07, 6.45) is 9.26. The van der Waals surface area contributed by atoms with E-state index < -0.39 is 0 Å². The predicted octanol–water partition coefficient (Wildman–Crippen LogP) is 1.93. The van der Waals surface area contributed by atoms with Crippen molar-refractivity contribution >= 4 is 11.8 Å². The fraction of sp³-hybridized carbons (Fsp3) is 0.769. The molecule has 94 valence electrons. The Morgan fingerprint density at radius 3 is 3.35 bits per heavy atom. The third kappa shape index (κ3) is 2.86. The Bertz CT molecular complexity index is 357. The first-order chi connectivity index (χ1) is 8.42. The lowest BCUT2D eigenvalue weighted by atomic mass is 9.99. The van der Waals surface area contributed by atoms with E-state index in [0.717, 1.165) is 24.9 Å². The van der Waals surface area contributed by atoms with E-state index in [-0.39, 0.29) is 0 Å². The van der Waals surface area contributed by atoms with Crippen molar-refractivity contribution in [2.24, 2.45) is 5.92 Å². The molecular weight excluding hydrogens is 230 g/mol. The molecule has 0 aromatic carbocycles. The van der Waals surface area contributed by atoms with E-state index in [1.54, 1.807) is 0 Å². The highest BCUT2D eigenvalue weighted by Crippen LogP contribution is 2.20. The van der Waals surface area contributed by atoms with Gasteiger partial charge in [0.15, 0.2) is 0 Å². The summed E-state index contributed by atoms with van der Waals surface area (Å²) in [5.41, 5.74) is 0. The van der Waals surface area contributed by atoms with Crippen LogP contribution in [0.1, 0.15) is 25.1 Å². The summed E-state index contributed by atoms with van der Waals surface area (Å²) in [6.45, 7) is 2.34. The van der Waals surface area contributed by atoms with E-state index in [1.165, 1.54) is 43.1 Å². The molecule has 4 heteroatoms. The van der Waals surface area contributed by atoms with Gasteiger partial charge >= 0.3 is 0 Å². The average molecular weight is 251 g/mol. The number of rotatable bonds is 3. The van der Waals surface area contributed by atoms with E-state index in [4.69, 9.17) is 0 Å². The first-order valence-corrected chi connectivity index (χ1v) is 7.88. The maximum Gasteiger partial charge on any atom is 0.108 e. The van der Waals surface area contributed by atoms with Crippen LogP contribution in [-0.2, 0) is 13.0 Å². The van der Waals surface area contributed by atoms with Crippen molar-refractivity contribution < 1.29 is 0 Å². The Balaban J connectivity index is 1.47. The van der Waals surface area contributed by atoms with Gasteiger partial charge in [0.2, 0.25) is 0 Å². The van der Waals surface area contributed by atoms with Gasteiger partial charge in [-0.2, -0.15) is 11.8 Å². The molecular formula is C13H21N3S. The standard InChI is InChI=1S/C13H21N3S/c1-2-12(10-17-7-1)15-8-11-3-4-13-14-5-6-16(13)9-11/h5-6,11-12,15H,1-4,7-10H2/t11-,12-/m0/s1. The molecule has 0 amide bonds. The van der Waals surface area contributed by atoms with Crippen LogP contribution in [-0.4, -0.2) is 33.6 Å². The van der Waals surface area contributed by atoms with Crippen molar-refractivity contribution in [3.05, 3.63) is 18.2 Å². The van der Waals surface area contributed by atoms with Crippen LogP contribution in [0.4, 0.5) is 0 Å². The molecule has 1 saturated heterocycles. The molecule has 1 aromatic rings. The number of nitrogens with one attached hydrogen (secondary N) is 1. The molecule has 3 heterocycles. The lowest BCUT2D eigenvalue weighted by Crippen LogP contribution is -2.39. The third-order valence-corrected chi connectivity index (χ3v) is 5.10. The van der Waals surface area contributed by atoms with Gasteiger partial charge in [-0.05, 0) is 37.5 Å². The van der Waals surface area contributed by atoms with Crippen molar-refractivity contribution in [2.75, 3.05) is 18.1 Å². The van der Waals surface area contributed by atoms with Crippen molar-refractivity contribution in [1.82, 2.24) is 14.9 Å². The van der Waals surface area contributed by atoms with E-state index in [2.05, 4.69) is 32.8 Å². The number of hydrogen-bond acceptors (Lipinski definition) is 3. The molecule has 0 spiro atoms. The maximum absolute atomic E-state index is 4.38. The van der Waals surface area contributed by atoms with Gasteiger partial charge in [-0.25, -0.2) is 4.98 Å². The van der Waals surface area contributed by atoms with Gasteiger partial charge < -0.3 is 9.88 Å². The number of fused-ring (bicyclic) bond motifs is 1. The van der Waals surface area contributed by atoms with Crippen LogP contribution in [0.25, 0.3) is 0 Å². The van der Waals surface area contributed by atoms with E-state index in [1.807, 2.05) is 6.20 Å². The minimum absolute atomic E-state index is 0.762. The van der Waals surface area contributed by atoms with Crippen LogP contribution in [0.15, 0.2) is 12.4 Å². The molecule has 0 saturated carbocycles. The van der Waals surface area contributed by atoms with Crippen LogP contribution in [0, 0.1) is 5.92 Å². The molecule has 1 fully saturated rings. The van der Waals surface area contributed by atoms with Crippen molar-refractivity contribution in [2.45, 2.75) is 38.3 Å². The molecule has 3 rings (SSSR count). The molecule has 2 aliphatic rings. The van der Waals surface area contributed by atoms with Crippen LogP contribution in [0.3, 0.4) is 0 Å². The Kier molecular flexibility index (Phi) is 3.71. The second-order valence-electron chi connectivity index (χ2n) is 5.22. The predicted molar refractivity (Wildman–Crippen MR) is 72.4 cm³/mol. The molecule has 0 aliphatic carbocycles. The smallest absolute Gasteiger partial charge is 0.108 e. The number of nitrogens with zero attached hydrogens (tertiary/aromatic N) is 2. The lowest BCUT2D eigenvalue weighted by molar-refractivity contribution is 0.331. The fourth-order valence-electron chi connectivity index (χ4n) is 2.84. The Morgan fingerprint density at radius 1 is 1.47 bits per heavy atom. The van der Waals surface area contributed by atoms with Crippen molar-refractivity contribution in [1.29, 1.82) is 0 Å². The maximum atomic E-state index is 4.38. The zero-order valence-electron chi connectivity index (χ0n) is 10.3. The van der Waals surface area contributed by atoms with Gasteiger partial charge in [0, 0.05) is 37.2 Å². The Hall–Kier alpha value is -0.480. The number of hydrogen-bond donors (Lipinski definition) is 1. The molecule has 1 N–H and O–H groups in total. The molecule has 0 unspecified atom stereocenters. The van der Waals surface area contributed by atoms with Gasteiger partial charge in [0.25, 0.3) is 0 Å². The normalized spacial score (nSPS) is 28.9. The Morgan fingerprint density at radius 2 is 2.47 bits per heavy atom. The van der Waals surface area contributed by atoms with Gasteiger partial charge in [-0.1, -0.05) is 0 Å². The summed E-state index contributed by atoms with van der Waals surface area (Å²) in [4.78, 5) is 4.38. The largest absolute Gasteiger partial charge is 0.335 e. The van der Waals surface area contributed by atoms with Crippen molar-refractivity contribution in [3.8, 4) is 0 Å². The second kappa shape index (κ2) is 5.44. The molecule has 3 nitrogen and oxygen atoms in total. The number of thioether (sulfide) groups is 1. The lowest BCUT2D eigenvalue weighted by Gasteiger charge is -2.28. The van der Waals surface area contributed by atoms with Crippen LogP contribution in [0.2, 0.25) is 0 Å². The number of imidazole rings is 1. The first-order valence-electron chi connectivity index (χ1n) is 6.73. The summed E-state index contributed by atoms with van der Waals surface area (Å²) >= 11 is 2.10. The number of aromatic nitrogens is 2. The molecule has 2 atom stereocenters. The van der Waals surface area contributed by atoms with Crippen LogP contribution >= 0.6 is 11.8 Å². The summed E-state index contributed by atoms with van der Waals surface area (Å²) in [6, 6.07) is 0.762. The van der Waals surface area contributed by atoms with E-state index >= 15 is 0 Å². The highest BCUT2D eigenvalue weighted by atomic mass is 32.2. The molecule has 1 aromatic heterocycles. The first kappa shape index (κ1) is 11.6. The minimum Gasteiger partial charge on any atom is -0.335 e. The summed E-state index contributed by atoms with van der Waals surface area (Å²) < 4.78 is 2.32. The third-order valence-electron chi connectivity index (χ3n) is 3.89. The Labute approximate surface area is 107 Å². The average Bonchev–Trinajstić information content (AvgIpc) is 2.85. The van der Waals surface area contributed by atoms with Crippen LogP contribution in [0.5, 0.6) is 0 Å². The van der Waals surface area contributed by atoms with Gasteiger partial charge in [0.05, 0.1) is 0 Å². The number of aryl methyl sites for hydroxylation is 1. The van der Waals surface area contributed by atoms with Crippen molar-refractivity contribution in [3.63, 3.8) is 0 Å². The van der Waals surface area contributed by atoms with Crippen LogP contribution < -0.4 is 5.32 Å². The quantitative estimate of drug-likeness (QED) is 0.890. The summed E-state index contributed by atoms with van der Waals surface area (Å²) in [5.74, 6) is 4.74. The van der Waals surface area contributed by atoms with E-state index in [9.17, 15) is 0 Å². The monoisotopic (exact) mass is 251 g/mol. The molecule has 0 radical (unpaired) electrons. The zero-order chi connectivity index (χ0) is 11.5. The SMILES string of the molecule is c1cn2c(n1)CC[C@@H](CN[C@H]1CCCSC1)C2. The summed E-state index contributed by atoms with van der Waals surface area (Å²) in [7, 11) is 0. The van der Waals surface area contributed by atoms with Gasteiger partial charge in [0.1, 0.15) is 5.82 Å². The second-order valence-corrected chi connectivity index (χ2v) is 6.37. The highest BCUT2D eigenvalue weighted by molar-refractivity contribution is 7.99. The molecule has 0 bridgehead atoms. The minimum atomic E-state index is 0.762. The molecule has 17 heavy (non-hydrogen) atoms.